The van der Waals surface area contributed by atoms with Crippen molar-refractivity contribution in [3.63, 3.8) is 0 Å². The zero-order chi connectivity index (χ0) is 35.8. The monoisotopic (exact) mass is 874 g/mol. The van der Waals surface area contributed by atoms with Crippen LogP contribution in [0.4, 0.5) is 0 Å². The van der Waals surface area contributed by atoms with Gasteiger partial charge in [-0.15, -0.1) is 29.3 Å². The minimum Gasteiger partial charge on any atom is -0.458 e. The molecule has 0 spiro atoms. The number of fused-ring (bicyclic) bond motifs is 3. The molecular formula is C46H57IrN4O-. The van der Waals surface area contributed by atoms with Gasteiger partial charge in [-0.25, -0.2) is 15.0 Å². The van der Waals surface area contributed by atoms with Crippen LogP contribution in [0, 0.1) is 13.0 Å². The van der Waals surface area contributed by atoms with E-state index < -0.39 is 0 Å². The number of benzene rings is 2. The maximum absolute atomic E-state index is 5.90. The second-order valence-corrected chi connectivity index (χ2v) is 15.7. The number of nitrogens with zero attached hydrogens (tertiary/aromatic N) is 4. The summed E-state index contributed by atoms with van der Waals surface area (Å²) in [5, 5.41) is 0. The third-order valence-corrected chi connectivity index (χ3v) is 10.7. The van der Waals surface area contributed by atoms with Crippen molar-refractivity contribution in [2.45, 2.75) is 142 Å². The van der Waals surface area contributed by atoms with Gasteiger partial charge in [-0.05, 0) is 43.2 Å². The molecule has 3 heterocycles. The fourth-order valence-corrected chi connectivity index (χ4v) is 7.81. The molecule has 0 atom stereocenters. The minimum atomic E-state index is -0.254. The smallest absolute Gasteiger partial charge is 0.199 e. The van der Waals surface area contributed by atoms with E-state index in [9.17, 15) is 0 Å². The van der Waals surface area contributed by atoms with Gasteiger partial charge < -0.3 is 9.40 Å². The van der Waals surface area contributed by atoms with E-state index in [0.29, 0.717) is 17.4 Å². The number of rotatable bonds is 17. The molecule has 1 aliphatic carbocycles. The first-order valence-electron chi connectivity index (χ1n) is 19.7. The predicted octanol–water partition coefficient (Wildman–Crippen LogP) is 13.0. The fourth-order valence-electron chi connectivity index (χ4n) is 7.81. The Morgan fingerprint density at radius 3 is 1.96 bits per heavy atom. The van der Waals surface area contributed by atoms with Crippen molar-refractivity contribution < 1.29 is 24.5 Å². The van der Waals surface area contributed by atoms with E-state index in [1.807, 2.05) is 25.3 Å². The minimum absolute atomic E-state index is 0. The molecule has 1 aliphatic rings. The van der Waals surface area contributed by atoms with Crippen molar-refractivity contribution in [2.75, 3.05) is 0 Å². The number of furan rings is 1. The number of unbranched alkanes of at least 4 members (excludes halogenated alkanes) is 10. The van der Waals surface area contributed by atoms with Crippen molar-refractivity contribution >= 4 is 0 Å². The van der Waals surface area contributed by atoms with Crippen molar-refractivity contribution in [1.29, 1.82) is 0 Å². The van der Waals surface area contributed by atoms with Crippen LogP contribution in [0.25, 0.3) is 45.4 Å². The molecule has 0 aliphatic heterocycles. The fraction of sp³-hybridized carbons (Fsp3) is 0.478. The summed E-state index contributed by atoms with van der Waals surface area (Å²) in [6.45, 7) is 12.9. The van der Waals surface area contributed by atoms with Gasteiger partial charge >= 0.3 is 0 Å². The number of hydrogen-bond acceptors (Lipinski definition) is 5. The Hall–Kier alpha value is -3.47. The molecule has 0 N–H and O–H groups in total. The van der Waals surface area contributed by atoms with E-state index in [4.69, 9.17) is 24.4 Å². The Morgan fingerprint density at radius 1 is 0.692 bits per heavy atom. The topological polar surface area (TPSA) is 64.7 Å². The Balaban J connectivity index is 0.00000523. The van der Waals surface area contributed by atoms with Crippen molar-refractivity contribution in [1.82, 2.24) is 19.9 Å². The van der Waals surface area contributed by atoms with Crippen LogP contribution in [0.15, 0.2) is 71.3 Å². The molecule has 0 amide bonds. The van der Waals surface area contributed by atoms with Gasteiger partial charge in [0.2, 0.25) is 0 Å². The summed E-state index contributed by atoms with van der Waals surface area (Å²) in [6.07, 6.45) is 20.0. The molecule has 6 heteroatoms. The van der Waals surface area contributed by atoms with Gasteiger partial charge in [0, 0.05) is 42.7 Å². The maximum Gasteiger partial charge on any atom is 0.199 e. The predicted molar refractivity (Wildman–Crippen MR) is 211 cm³/mol. The first kappa shape index (κ1) is 39.7. The van der Waals surface area contributed by atoms with Crippen LogP contribution in [0.5, 0.6) is 0 Å². The molecule has 1 radical (unpaired) electrons. The molecule has 3 aromatic heterocycles. The molecule has 0 saturated carbocycles. The van der Waals surface area contributed by atoms with E-state index in [1.54, 1.807) is 0 Å². The Labute approximate surface area is 326 Å². The third kappa shape index (κ3) is 9.00. The molecule has 6 rings (SSSR count). The van der Waals surface area contributed by atoms with E-state index in [-0.39, 0.29) is 30.9 Å². The van der Waals surface area contributed by atoms with Gasteiger partial charge in [-0.3, -0.25) is 0 Å². The summed E-state index contributed by atoms with van der Waals surface area (Å²) in [7, 11) is 0. The quantitative estimate of drug-likeness (QED) is 0.0688. The van der Waals surface area contributed by atoms with E-state index in [1.165, 1.54) is 112 Å². The summed E-state index contributed by atoms with van der Waals surface area (Å²) in [4.78, 5) is 19.5. The molecule has 0 fully saturated rings. The number of hydrogen-bond donors (Lipinski definition) is 0. The van der Waals surface area contributed by atoms with E-state index in [2.05, 4.69) is 89.2 Å². The van der Waals surface area contributed by atoms with Crippen molar-refractivity contribution in [2.24, 2.45) is 0 Å². The maximum atomic E-state index is 5.90. The molecule has 5 aromatic rings. The van der Waals surface area contributed by atoms with Gasteiger partial charge in [0.15, 0.2) is 17.4 Å². The van der Waals surface area contributed by atoms with Crippen molar-refractivity contribution in [3.05, 3.63) is 95.6 Å². The van der Waals surface area contributed by atoms with E-state index >= 15 is 0 Å². The summed E-state index contributed by atoms with van der Waals surface area (Å²) in [5.74, 6) is 3.33. The van der Waals surface area contributed by atoms with Crippen LogP contribution in [0.2, 0.25) is 0 Å². The van der Waals surface area contributed by atoms with Crippen LogP contribution in [-0.4, -0.2) is 19.9 Å². The van der Waals surface area contributed by atoms with Crippen LogP contribution >= 0.6 is 0 Å². The van der Waals surface area contributed by atoms with Gasteiger partial charge in [-0.1, -0.05) is 159 Å². The molecular weight excluding hydrogens is 817 g/mol. The summed E-state index contributed by atoms with van der Waals surface area (Å²) in [5.41, 5.74) is 8.31. The molecule has 0 saturated heterocycles. The first-order chi connectivity index (χ1) is 24.7. The largest absolute Gasteiger partial charge is 0.458 e. The molecule has 2 aromatic carbocycles. The Kier molecular flexibility index (Phi) is 13.8. The van der Waals surface area contributed by atoms with Crippen LogP contribution < -0.4 is 0 Å². The second kappa shape index (κ2) is 18.0. The molecule has 52 heavy (non-hydrogen) atoms. The molecule has 277 valence electrons. The summed E-state index contributed by atoms with van der Waals surface area (Å²) in [6, 6.07) is 25.5. The number of aryl methyl sites for hydroxylation is 1. The summed E-state index contributed by atoms with van der Waals surface area (Å²) < 4.78 is 5.90. The average Bonchev–Trinajstić information content (AvgIpc) is 3.70. The zero-order valence-corrected chi connectivity index (χ0v) is 34.7. The van der Waals surface area contributed by atoms with Gasteiger partial charge in [0.05, 0.1) is 0 Å². The van der Waals surface area contributed by atoms with Crippen LogP contribution in [-0.2, 0) is 30.9 Å². The Morgan fingerprint density at radius 2 is 1.35 bits per heavy atom. The van der Waals surface area contributed by atoms with Crippen molar-refractivity contribution in [3.8, 4) is 45.4 Å². The zero-order valence-electron chi connectivity index (χ0n) is 32.3. The Bertz CT molecular complexity index is 1870. The summed E-state index contributed by atoms with van der Waals surface area (Å²) >= 11 is 0. The van der Waals surface area contributed by atoms with Gasteiger partial charge in [0.25, 0.3) is 0 Å². The van der Waals surface area contributed by atoms with Crippen LogP contribution in [0.3, 0.4) is 0 Å². The first-order valence-corrected chi connectivity index (χ1v) is 19.7. The molecule has 5 nitrogen and oxygen atoms in total. The van der Waals surface area contributed by atoms with Crippen LogP contribution in [0.1, 0.15) is 147 Å². The molecule has 0 bridgehead atoms. The van der Waals surface area contributed by atoms with E-state index in [0.717, 1.165) is 28.4 Å². The number of pyridine rings is 1. The third-order valence-electron chi connectivity index (χ3n) is 10.7. The molecule has 0 unspecified atom stereocenters. The van der Waals surface area contributed by atoms with Gasteiger partial charge in [-0.2, -0.15) is 0 Å². The standard InChI is InChI=1S/C46H57N4O.Ir/c1-7-9-11-13-15-19-29-46(30-20-16-14-12-10-8-2)38-22-18-17-21-36(38)37-26-24-34(31-39(37)46)40-27-25-35(32-47-40)42-48-43(41-28-23-33(3)51-41)50-44(49-42)45(4,5)6;/h17-18,21-23,25-28,31-32H,7-16,19-20,29-30H2,1-6H3;/q-1;. The normalized spacial score (nSPS) is 13.1. The second-order valence-electron chi connectivity index (χ2n) is 15.7. The number of aromatic nitrogens is 4. The van der Waals surface area contributed by atoms with Gasteiger partial charge in [0.1, 0.15) is 11.6 Å². The SMILES string of the molecule is CCCCCCCCC1(CCCCCCCC)c2ccccc2-c2c[c-]c(-c3ccc(-c4nc(-c5ccc(C)o5)nc(C(C)(C)C)n4)cn3)cc21.[Ir]. The average molecular weight is 874 g/mol.